The molecular weight excluding hydrogens is 180 g/mol. The molecule has 1 aromatic heterocycles. The lowest BCUT2D eigenvalue weighted by molar-refractivity contribution is 0.890. The monoisotopic (exact) mass is 192 g/mol. The van der Waals surface area contributed by atoms with Gasteiger partial charge in [0.2, 0.25) is 0 Å². The minimum Gasteiger partial charge on any atom is -0.320 e. The Morgan fingerprint density at radius 1 is 1.31 bits per heavy atom. The van der Waals surface area contributed by atoms with E-state index in [1.807, 2.05) is 11.6 Å². The van der Waals surface area contributed by atoms with Gasteiger partial charge in [0.15, 0.2) is 4.80 Å². The second-order valence-corrected chi connectivity index (χ2v) is 4.43. The van der Waals surface area contributed by atoms with Gasteiger partial charge in [0.05, 0.1) is 10.2 Å². The third-order valence-electron chi connectivity index (χ3n) is 2.26. The summed E-state index contributed by atoms with van der Waals surface area (Å²) in [6.45, 7) is 4.19. The molecule has 0 saturated carbocycles. The molecule has 0 saturated heterocycles. The standard InChI is InChI=1S/C10H12N2S/c1-6-4-7(2)9-8(5-6)13-10(11)12(9)3/h4-5,11H,1-3H3. The van der Waals surface area contributed by atoms with Crippen LogP contribution in [0.25, 0.3) is 10.2 Å². The Balaban J connectivity index is 3.03. The molecule has 0 fully saturated rings. The van der Waals surface area contributed by atoms with Gasteiger partial charge in [-0.2, -0.15) is 0 Å². The number of aryl methyl sites for hydroxylation is 3. The number of fused-ring (bicyclic) bond motifs is 1. The van der Waals surface area contributed by atoms with E-state index in [1.54, 1.807) is 0 Å². The summed E-state index contributed by atoms with van der Waals surface area (Å²) < 4.78 is 3.15. The summed E-state index contributed by atoms with van der Waals surface area (Å²) in [5.41, 5.74) is 3.72. The predicted molar refractivity (Wildman–Crippen MR) is 56.1 cm³/mol. The van der Waals surface area contributed by atoms with Gasteiger partial charge in [0, 0.05) is 7.05 Å². The topological polar surface area (TPSA) is 28.8 Å². The highest BCUT2D eigenvalue weighted by Gasteiger charge is 2.04. The highest BCUT2D eigenvalue weighted by Crippen LogP contribution is 2.21. The molecule has 0 spiro atoms. The van der Waals surface area contributed by atoms with Crippen molar-refractivity contribution in [2.45, 2.75) is 13.8 Å². The second-order valence-electron chi connectivity index (χ2n) is 3.39. The van der Waals surface area contributed by atoms with Crippen molar-refractivity contribution in [2.24, 2.45) is 7.05 Å². The van der Waals surface area contributed by atoms with Gasteiger partial charge in [-0.3, -0.25) is 5.41 Å². The summed E-state index contributed by atoms with van der Waals surface area (Å²) in [5, 5.41) is 7.70. The lowest BCUT2D eigenvalue weighted by atomic mass is 10.1. The highest BCUT2D eigenvalue weighted by atomic mass is 32.1. The maximum Gasteiger partial charge on any atom is 0.182 e. The maximum absolute atomic E-state index is 7.70. The molecule has 1 N–H and O–H groups in total. The predicted octanol–water partition coefficient (Wildman–Crippen LogP) is 2.34. The van der Waals surface area contributed by atoms with E-state index in [-0.39, 0.29) is 0 Å². The molecule has 0 aliphatic carbocycles. The van der Waals surface area contributed by atoms with E-state index >= 15 is 0 Å². The van der Waals surface area contributed by atoms with Crippen LogP contribution >= 0.6 is 11.3 Å². The molecule has 68 valence electrons. The summed E-state index contributed by atoms with van der Waals surface area (Å²) in [6, 6.07) is 4.31. The van der Waals surface area contributed by atoms with Crippen LogP contribution in [0.15, 0.2) is 12.1 Å². The van der Waals surface area contributed by atoms with Crippen LogP contribution < -0.4 is 4.80 Å². The van der Waals surface area contributed by atoms with Gasteiger partial charge in [0.25, 0.3) is 0 Å². The number of thiazole rings is 1. The molecule has 0 bridgehead atoms. The van der Waals surface area contributed by atoms with Crippen LogP contribution in [0.1, 0.15) is 11.1 Å². The van der Waals surface area contributed by atoms with Crippen molar-refractivity contribution in [2.75, 3.05) is 0 Å². The third kappa shape index (κ3) is 1.20. The van der Waals surface area contributed by atoms with Gasteiger partial charge >= 0.3 is 0 Å². The summed E-state index contributed by atoms with van der Waals surface area (Å²) in [5.74, 6) is 0. The molecule has 0 radical (unpaired) electrons. The quantitative estimate of drug-likeness (QED) is 0.664. The van der Waals surface area contributed by atoms with Crippen LogP contribution in [0.5, 0.6) is 0 Å². The molecule has 0 atom stereocenters. The number of nitrogens with zero attached hydrogens (tertiary/aromatic N) is 1. The number of rotatable bonds is 0. The number of hydrogen-bond acceptors (Lipinski definition) is 2. The van der Waals surface area contributed by atoms with Gasteiger partial charge in [-0.15, -0.1) is 0 Å². The average molecular weight is 192 g/mol. The molecule has 1 heterocycles. The fraction of sp³-hybridized carbons (Fsp3) is 0.300. The molecule has 3 heteroatoms. The van der Waals surface area contributed by atoms with Crippen LogP contribution in [0, 0.1) is 19.3 Å². The lowest BCUT2D eigenvalue weighted by Gasteiger charge is -2.01. The lowest BCUT2D eigenvalue weighted by Crippen LogP contribution is -2.07. The maximum atomic E-state index is 7.70. The Hall–Kier alpha value is -1.09. The van der Waals surface area contributed by atoms with Crippen molar-refractivity contribution in [3.8, 4) is 0 Å². The Kier molecular flexibility index (Phi) is 1.77. The molecule has 2 nitrogen and oxygen atoms in total. The van der Waals surface area contributed by atoms with E-state index in [9.17, 15) is 0 Å². The van der Waals surface area contributed by atoms with Gasteiger partial charge in [-0.1, -0.05) is 17.4 Å². The summed E-state index contributed by atoms with van der Waals surface area (Å²) >= 11 is 1.54. The molecular formula is C10H12N2S. The Morgan fingerprint density at radius 3 is 2.69 bits per heavy atom. The number of benzene rings is 1. The van der Waals surface area contributed by atoms with Crippen LogP contribution in [-0.4, -0.2) is 4.57 Å². The van der Waals surface area contributed by atoms with Gasteiger partial charge in [0.1, 0.15) is 0 Å². The fourth-order valence-corrected chi connectivity index (χ4v) is 2.78. The Bertz CT molecular complexity index is 519. The van der Waals surface area contributed by atoms with Gasteiger partial charge in [-0.25, -0.2) is 0 Å². The largest absolute Gasteiger partial charge is 0.320 e. The van der Waals surface area contributed by atoms with Crippen LogP contribution in [0.2, 0.25) is 0 Å². The second kappa shape index (κ2) is 2.70. The first-order chi connectivity index (χ1) is 6.09. The smallest absolute Gasteiger partial charge is 0.182 e. The van der Waals surface area contributed by atoms with E-state index in [2.05, 4.69) is 26.0 Å². The summed E-state index contributed by atoms with van der Waals surface area (Å²) in [4.78, 5) is 0.615. The van der Waals surface area contributed by atoms with Crippen LogP contribution in [-0.2, 0) is 7.05 Å². The van der Waals surface area contributed by atoms with E-state index < -0.39 is 0 Å². The van der Waals surface area contributed by atoms with E-state index in [0.717, 1.165) is 0 Å². The zero-order valence-electron chi connectivity index (χ0n) is 8.01. The third-order valence-corrected chi connectivity index (χ3v) is 3.25. The fourth-order valence-electron chi connectivity index (χ4n) is 1.70. The highest BCUT2D eigenvalue weighted by molar-refractivity contribution is 7.16. The average Bonchev–Trinajstić information content (AvgIpc) is 2.27. The van der Waals surface area contributed by atoms with Gasteiger partial charge in [-0.05, 0) is 31.0 Å². The summed E-state index contributed by atoms with van der Waals surface area (Å²) in [6.07, 6.45) is 0. The molecule has 13 heavy (non-hydrogen) atoms. The molecule has 1 aromatic carbocycles. The number of hydrogen-bond donors (Lipinski definition) is 1. The molecule has 2 rings (SSSR count). The van der Waals surface area contributed by atoms with Crippen molar-refractivity contribution in [1.29, 1.82) is 5.41 Å². The summed E-state index contributed by atoms with van der Waals surface area (Å²) in [7, 11) is 1.95. The Morgan fingerprint density at radius 2 is 2.00 bits per heavy atom. The first-order valence-corrected chi connectivity index (χ1v) is 5.02. The normalized spacial score (nSPS) is 11.0. The molecule has 2 aromatic rings. The first-order valence-electron chi connectivity index (χ1n) is 4.21. The van der Waals surface area contributed by atoms with Crippen molar-refractivity contribution in [1.82, 2.24) is 4.57 Å². The SMILES string of the molecule is Cc1cc(C)c2c(c1)sc(=N)n2C. The van der Waals surface area contributed by atoms with E-state index in [0.29, 0.717) is 4.80 Å². The minimum atomic E-state index is 0.615. The van der Waals surface area contributed by atoms with Crippen molar-refractivity contribution in [3.63, 3.8) is 0 Å². The van der Waals surface area contributed by atoms with Crippen LogP contribution in [0.3, 0.4) is 0 Å². The van der Waals surface area contributed by atoms with Gasteiger partial charge < -0.3 is 4.57 Å². The van der Waals surface area contributed by atoms with E-state index in [1.165, 1.54) is 32.7 Å². The first kappa shape index (κ1) is 8.51. The number of aromatic nitrogens is 1. The van der Waals surface area contributed by atoms with Crippen LogP contribution in [0.4, 0.5) is 0 Å². The molecule has 0 unspecified atom stereocenters. The van der Waals surface area contributed by atoms with Crippen molar-refractivity contribution in [3.05, 3.63) is 28.1 Å². The molecule has 0 aliphatic heterocycles. The number of nitrogens with one attached hydrogen (secondary N) is 1. The zero-order valence-corrected chi connectivity index (χ0v) is 8.83. The van der Waals surface area contributed by atoms with E-state index in [4.69, 9.17) is 5.41 Å². The zero-order chi connectivity index (χ0) is 9.59. The Labute approximate surface area is 81.0 Å². The minimum absolute atomic E-state index is 0.615. The van der Waals surface area contributed by atoms with Crippen molar-refractivity contribution >= 4 is 21.6 Å². The van der Waals surface area contributed by atoms with Crippen molar-refractivity contribution < 1.29 is 0 Å². The molecule has 0 aliphatic rings. The molecule has 0 amide bonds.